The second-order valence-corrected chi connectivity index (χ2v) is 4.37. The summed E-state index contributed by atoms with van der Waals surface area (Å²) in [6.45, 7) is 4.20. The zero-order valence-electron chi connectivity index (χ0n) is 13.3. The minimum Gasteiger partial charge on any atom is -0.462 e. The van der Waals surface area contributed by atoms with Crippen molar-refractivity contribution >= 4 is 41.0 Å². The van der Waals surface area contributed by atoms with Gasteiger partial charge in [0.25, 0.3) is 0 Å². The molecule has 0 spiro atoms. The van der Waals surface area contributed by atoms with E-state index in [-0.39, 0.29) is 5.97 Å². The normalized spacial score (nSPS) is 9.25. The molecule has 8 nitrogen and oxygen atoms in total. The van der Waals surface area contributed by atoms with Gasteiger partial charge in [-0.3, -0.25) is 0 Å². The number of H-pyrrole nitrogens is 2. The third-order valence-corrected chi connectivity index (χ3v) is 2.74. The number of esters is 2. The quantitative estimate of drug-likeness (QED) is 0.433. The van der Waals surface area contributed by atoms with E-state index in [0.717, 1.165) is 0 Å². The van der Waals surface area contributed by atoms with Crippen LogP contribution in [0.3, 0.4) is 0 Å². The average molecular weight is 350 g/mol. The third kappa shape index (κ3) is 5.38. The maximum Gasteiger partial charge on any atom is 0.341 e. The maximum atomic E-state index is 11.2. The van der Waals surface area contributed by atoms with E-state index < -0.39 is 5.97 Å². The first kappa shape index (κ1) is 19.1. The Bertz CT molecular complexity index is 731. The lowest BCUT2D eigenvalue weighted by atomic mass is 10.3. The Hall–Kier alpha value is -2.90. The molecular weight excluding hydrogens is 332 g/mol. The highest BCUT2D eigenvalue weighted by Crippen LogP contribution is 2.16. The van der Waals surface area contributed by atoms with Gasteiger partial charge in [-0.1, -0.05) is 0 Å². The molecule has 2 heterocycles. The molecule has 0 aromatic carbocycles. The third-order valence-electron chi connectivity index (χ3n) is 2.65. The Morgan fingerprint density at radius 1 is 1.12 bits per heavy atom. The van der Waals surface area contributed by atoms with Gasteiger partial charge in [0.05, 0.1) is 18.4 Å². The van der Waals surface area contributed by atoms with Gasteiger partial charge in [-0.25, -0.2) is 9.59 Å². The van der Waals surface area contributed by atoms with E-state index >= 15 is 0 Å². The van der Waals surface area contributed by atoms with Gasteiger partial charge in [0.15, 0.2) is 5.82 Å². The fourth-order valence-electron chi connectivity index (χ4n) is 1.64. The molecule has 2 rings (SSSR count). The molecule has 2 aromatic heterocycles. The standard InChI is InChI=1S/C8H8N2O2S.C7H10N2O2/c1-2-12-8(11)6-3-4-9-7(6)10-5-13;1-2-11-7(10)5-3-4-9-6(5)8/h3-4,9H,2H2,1H3;3-4,9H,2,8H2,1H3. The van der Waals surface area contributed by atoms with Crippen molar-refractivity contribution in [3.05, 3.63) is 35.7 Å². The summed E-state index contributed by atoms with van der Waals surface area (Å²) in [5.74, 6) is -0.0594. The fourth-order valence-corrected chi connectivity index (χ4v) is 1.73. The first-order chi connectivity index (χ1) is 11.5. The molecule has 0 aliphatic heterocycles. The van der Waals surface area contributed by atoms with Crippen LogP contribution in [0.25, 0.3) is 0 Å². The first-order valence-electron chi connectivity index (χ1n) is 7.07. The van der Waals surface area contributed by atoms with Crippen LogP contribution in [0.2, 0.25) is 0 Å². The van der Waals surface area contributed by atoms with E-state index in [1.165, 1.54) is 0 Å². The Balaban J connectivity index is 0.000000243. The number of nitrogens with one attached hydrogen (secondary N) is 2. The molecule has 0 fully saturated rings. The van der Waals surface area contributed by atoms with Crippen LogP contribution < -0.4 is 5.73 Å². The number of nitrogen functional groups attached to an aromatic ring is 1. The van der Waals surface area contributed by atoms with E-state index in [0.29, 0.717) is 36.0 Å². The van der Waals surface area contributed by atoms with Crippen molar-refractivity contribution in [1.29, 1.82) is 0 Å². The summed E-state index contributed by atoms with van der Waals surface area (Å²) in [4.78, 5) is 31.4. The van der Waals surface area contributed by atoms with Crippen molar-refractivity contribution in [3.63, 3.8) is 0 Å². The topological polar surface area (TPSA) is 123 Å². The number of hydrogen-bond acceptors (Lipinski definition) is 7. The summed E-state index contributed by atoms with van der Waals surface area (Å²) >= 11 is 4.42. The number of nitrogens with two attached hydrogens (primary N) is 1. The molecule has 0 aliphatic rings. The smallest absolute Gasteiger partial charge is 0.341 e. The second-order valence-electron chi connectivity index (χ2n) is 4.19. The number of aromatic nitrogens is 2. The predicted molar refractivity (Wildman–Crippen MR) is 92.6 cm³/mol. The summed E-state index contributed by atoms with van der Waals surface area (Å²) < 4.78 is 9.52. The van der Waals surface area contributed by atoms with Crippen LogP contribution in [0.15, 0.2) is 29.5 Å². The van der Waals surface area contributed by atoms with E-state index in [2.05, 4.69) is 32.3 Å². The molecule has 24 heavy (non-hydrogen) atoms. The Labute approximate surface area is 144 Å². The lowest BCUT2D eigenvalue weighted by molar-refractivity contribution is 0.0518. The number of aromatic amines is 2. The number of carbonyl (C=O) groups is 2. The van der Waals surface area contributed by atoms with E-state index in [1.54, 1.807) is 38.4 Å². The molecule has 0 aliphatic carbocycles. The lowest BCUT2D eigenvalue weighted by Crippen LogP contribution is -2.05. The second kappa shape index (κ2) is 9.98. The predicted octanol–water partition coefficient (Wildman–Crippen LogP) is 2.70. The molecule has 0 atom stereocenters. The lowest BCUT2D eigenvalue weighted by Gasteiger charge is -1.98. The number of nitrogens with zero attached hydrogens (tertiary/aromatic N) is 1. The number of rotatable bonds is 5. The Morgan fingerprint density at radius 3 is 2.17 bits per heavy atom. The fraction of sp³-hybridized carbons (Fsp3) is 0.267. The molecule has 0 saturated carbocycles. The van der Waals surface area contributed by atoms with Crippen molar-refractivity contribution in [2.45, 2.75) is 13.8 Å². The van der Waals surface area contributed by atoms with Crippen LogP contribution in [0.4, 0.5) is 11.6 Å². The van der Waals surface area contributed by atoms with E-state index in [1.807, 2.05) is 0 Å². The molecular formula is C15H18N4O4S. The molecule has 0 saturated heterocycles. The number of carbonyl (C=O) groups excluding carboxylic acids is 2. The summed E-state index contributed by atoms with van der Waals surface area (Å²) in [5, 5.41) is 2.18. The summed E-state index contributed by atoms with van der Waals surface area (Å²) in [5.41, 5.74) is 6.18. The molecule has 4 N–H and O–H groups in total. The van der Waals surface area contributed by atoms with Crippen molar-refractivity contribution in [3.8, 4) is 0 Å². The van der Waals surface area contributed by atoms with Crippen molar-refractivity contribution in [2.24, 2.45) is 4.99 Å². The largest absolute Gasteiger partial charge is 0.462 e. The molecule has 0 amide bonds. The summed E-state index contributed by atoms with van der Waals surface area (Å²) in [6.07, 6.45) is 3.19. The van der Waals surface area contributed by atoms with Crippen LogP contribution in [0.5, 0.6) is 0 Å². The van der Waals surface area contributed by atoms with Crippen LogP contribution in [-0.4, -0.2) is 40.3 Å². The molecule has 0 radical (unpaired) electrons. The van der Waals surface area contributed by atoms with Crippen LogP contribution in [0, 0.1) is 0 Å². The highest BCUT2D eigenvalue weighted by Gasteiger charge is 2.12. The van der Waals surface area contributed by atoms with Gasteiger partial charge in [-0.15, -0.1) is 0 Å². The van der Waals surface area contributed by atoms with Crippen LogP contribution in [0.1, 0.15) is 34.6 Å². The molecule has 0 unspecified atom stereocenters. The average Bonchev–Trinajstić information content (AvgIpc) is 3.18. The van der Waals surface area contributed by atoms with Crippen LogP contribution >= 0.6 is 12.2 Å². The Kier molecular flexibility index (Phi) is 7.97. The minimum atomic E-state index is -0.409. The van der Waals surface area contributed by atoms with Gasteiger partial charge < -0.3 is 25.2 Å². The number of ether oxygens (including phenoxy) is 2. The monoisotopic (exact) mass is 350 g/mol. The SMILES string of the molecule is CCOC(=O)c1cc[nH]c1N.CCOC(=O)c1cc[nH]c1N=C=S. The first-order valence-corrected chi connectivity index (χ1v) is 7.48. The van der Waals surface area contributed by atoms with Gasteiger partial charge in [0, 0.05) is 12.4 Å². The Morgan fingerprint density at radius 2 is 1.67 bits per heavy atom. The van der Waals surface area contributed by atoms with Crippen molar-refractivity contribution in [2.75, 3.05) is 18.9 Å². The van der Waals surface area contributed by atoms with Gasteiger partial charge in [0.1, 0.15) is 16.9 Å². The highest BCUT2D eigenvalue weighted by atomic mass is 32.1. The highest BCUT2D eigenvalue weighted by molar-refractivity contribution is 7.78. The van der Waals surface area contributed by atoms with Crippen LogP contribution in [-0.2, 0) is 9.47 Å². The number of hydrogen-bond donors (Lipinski definition) is 3. The number of isothiocyanates is 1. The molecule has 9 heteroatoms. The number of anilines is 1. The molecule has 0 bridgehead atoms. The van der Waals surface area contributed by atoms with Gasteiger partial charge >= 0.3 is 11.9 Å². The van der Waals surface area contributed by atoms with E-state index in [9.17, 15) is 9.59 Å². The number of thiocarbonyl (C=S) groups is 1. The number of aliphatic imine (C=N–C) groups is 1. The zero-order chi connectivity index (χ0) is 17.9. The van der Waals surface area contributed by atoms with Gasteiger partial charge in [0.2, 0.25) is 0 Å². The van der Waals surface area contributed by atoms with Gasteiger partial charge in [-0.2, -0.15) is 4.99 Å². The maximum absolute atomic E-state index is 11.2. The van der Waals surface area contributed by atoms with Crippen molar-refractivity contribution < 1.29 is 19.1 Å². The zero-order valence-corrected chi connectivity index (χ0v) is 14.1. The van der Waals surface area contributed by atoms with Gasteiger partial charge in [-0.05, 0) is 38.2 Å². The van der Waals surface area contributed by atoms with Crippen molar-refractivity contribution in [1.82, 2.24) is 9.97 Å². The van der Waals surface area contributed by atoms with E-state index in [4.69, 9.17) is 15.2 Å². The summed E-state index contributed by atoms with van der Waals surface area (Å²) in [7, 11) is 0. The molecule has 128 valence electrons. The summed E-state index contributed by atoms with van der Waals surface area (Å²) in [6, 6.07) is 3.18. The minimum absolute atomic E-state index is 0.338. The molecule has 2 aromatic rings.